The van der Waals surface area contributed by atoms with Gasteiger partial charge >= 0.3 is 0 Å². The molecule has 1 fully saturated rings. The third-order valence-electron chi connectivity index (χ3n) is 3.22. The normalized spacial score (nSPS) is 15.7. The molecule has 0 amide bonds. The third-order valence-corrected chi connectivity index (χ3v) is 3.22. The van der Waals surface area contributed by atoms with Crippen LogP contribution in [0.5, 0.6) is 11.5 Å². The molecule has 5 nitrogen and oxygen atoms in total. The van der Waals surface area contributed by atoms with Gasteiger partial charge in [-0.05, 0) is 25.1 Å². The van der Waals surface area contributed by atoms with Gasteiger partial charge in [-0.2, -0.15) is 0 Å². The molecule has 0 bridgehead atoms. The van der Waals surface area contributed by atoms with E-state index in [-0.39, 0.29) is 0 Å². The number of hydrogen-bond acceptors (Lipinski definition) is 5. The predicted molar refractivity (Wildman–Crippen MR) is 78.2 cm³/mol. The molecule has 0 aliphatic carbocycles. The van der Waals surface area contributed by atoms with Crippen molar-refractivity contribution >= 4 is 5.95 Å². The lowest BCUT2D eigenvalue weighted by Crippen LogP contribution is -2.29. The molecule has 1 aromatic carbocycles. The Morgan fingerprint density at radius 2 is 1.75 bits per heavy atom. The molecule has 1 N–H and O–H groups in total. The van der Waals surface area contributed by atoms with Crippen LogP contribution in [0.3, 0.4) is 0 Å². The average Bonchev–Trinajstić information content (AvgIpc) is 2.78. The van der Waals surface area contributed by atoms with Crippen molar-refractivity contribution < 1.29 is 4.74 Å². The minimum Gasteiger partial charge on any atom is -0.454 e. The first-order valence-electron chi connectivity index (χ1n) is 6.92. The van der Waals surface area contributed by atoms with E-state index in [9.17, 15) is 0 Å². The molecular weight excluding hydrogens is 252 g/mol. The monoisotopic (exact) mass is 270 g/mol. The largest absolute Gasteiger partial charge is 0.454 e. The zero-order valence-electron chi connectivity index (χ0n) is 11.3. The standard InChI is InChI=1S/C15H18N4O/c1-2-5-13(6-3-1)20-14-11-17-15(18-12-14)19-9-4-7-16-8-10-19/h1-3,5-6,11-12,16H,4,7-10H2. The molecule has 2 aromatic rings. The first-order valence-corrected chi connectivity index (χ1v) is 6.92. The lowest BCUT2D eigenvalue weighted by atomic mass is 10.3. The van der Waals surface area contributed by atoms with Gasteiger partial charge in [-0.3, -0.25) is 0 Å². The van der Waals surface area contributed by atoms with E-state index >= 15 is 0 Å². The molecule has 0 radical (unpaired) electrons. The minimum absolute atomic E-state index is 0.660. The maximum absolute atomic E-state index is 5.69. The highest BCUT2D eigenvalue weighted by Crippen LogP contribution is 2.20. The smallest absolute Gasteiger partial charge is 0.225 e. The summed E-state index contributed by atoms with van der Waals surface area (Å²) in [5, 5.41) is 3.37. The van der Waals surface area contributed by atoms with Gasteiger partial charge in [0, 0.05) is 19.6 Å². The highest BCUT2D eigenvalue weighted by atomic mass is 16.5. The molecule has 1 saturated heterocycles. The second-order valence-corrected chi connectivity index (χ2v) is 4.72. The summed E-state index contributed by atoms with van der Waals surface area (Å²) in [5.74, 6) is 2.23. The Kier molecular flexibility index (Phi) is 4.08. The SMILES string of the molecule is c1ccc(Oc2cnc(N3CCCNCC3)nc2)cc1. The summed E-state index contributed by atoms with van der Waals surface area (Å²) in [4.78, 5) is 11.0. The van der Waals surface area contributed by atoms with Crippen LogP contribution in [-0.4, -0.2) is 36.1 Å². The second-order valence-electron chi connectivity index (χ2n) is 4.72. The number of benzene rings is 1. The quantitative estimate of drug-likeness (QED) is 0.925. The van der Waals surface area contributed by atoms with Gasteiger partial charge in [0.2, 0.25) is 5.95 Å². The van der Waals surface area contributed by atoms with E-state index in [1.165, 1.54) is 0 Å². The summed E-state index contributed by atoms with van der Waals surface area (Å²) in [6.07, 6.45) is 4.58. The Balaban J connectivity index is 1.67. The number of hydrogen-bond donors (Lipinski definition) is 1. The number of aromatic nitrogens is 2. The van der Waals surface area contributed by atoms with Crippen molar-refractivity contribution in [1.82, 2.24) is 15.3 Å². The fourth-order valence-electron chi connectivity index (χ4n) is 2.20. The highest BCUT2D eigenvalue weighted by Gasteiger charge is 2.11. The van der Waals surface area contributed by atoms with Crippen LogP contribution in [0.4, 0.5) is 5.95 Å². The van der Waals surface area contributed by atoms with Crippen molar-refractivity contribution in [3.63, 3.8) is 0 Å². The van der Waals surface area contributed by atoms with Crippen LogP contribution in [0.2, 0.25) is 0 Å². The van der Waals surface area contributed by atoms with Gasteiger partial charge in [0.15, 0.2) is 5.75 Å². The van der Waals surface area contributed by atoms with Crippen LogP contribution in [0.15, 0.2) is 42.7 Å². The fraction of sp³-hybridized carbons (Fsp3) is 0.333. The zero-order valence-corrected chi connectivity index (χ0v) is 11.3. The van der Waals surface area contributed by atoms with Crippen LogP contribution < -0.4 is 15.0 Å². The number of nitrogens with one attached hydrogen (secondary N) is 1. The van der Waals surface area contributed by atoms with Gasteiger partial charge in [0.05, 0.1) is 12.4 Å². The first kappa shape index (κ1) is 12.9. The minimum atomic E-state index is 0.660. The molecule has 5 heteroatoms. The number of ether oxygens (including phenoxy) is 1. The van der Waals surface area contributed by atoms with E-state index in [0.717, 1.165) is 44.3 Å². The maximum atomic E-state index is 5.69. The highest BCUT2D eigenvalue weighted by molar-refractivity contribution is 5.34. The average molecular weight is 270 g/mol. The Morgan fingerprint density at radius 3 is 2.55 bits per heavy atom. The van der Waals surface area contributed by atoms with Crippen LogP contribution in [0.1, 0.15) is 6.42 Å². The van der Waals surface area contributed by atoms with E-state index in [4.69, 9.17) is 4.74 Å². The third kappa shape index (κ3) is 3.24. The molecule has 104 valence electrons. The van der Waals surface area contributed by atoms with E-state index in [1.807, 2.05) is 30.3 Å². The van der Waals surface area contributed by atoms with Crippen molar-refractivity contribution in [2.75, 3.05) is 31.1 Å². The number of anilines is 1. The second kappa shape index (κ2) is 6.34. The van der Waals surface area contributed by atoms with Gasteiger partial charge in [-0.15, -0.1) is 0 Å². The maximum Gasteiger partial charge on any atom is 0.225 e. The van der Waals surface area contributed by atoms with Gasteiger partial charge < -0.3 is 15.0 Å². The summed E-state index contributed by atoms with van der Waals surface area (Å²) in [7, 11) is 0. The number of para-hydroxylation sites is 1. The molecular formula is C15H18N4O. The Bertz CT molecular complexity index is 521. The lowest BCUT2D eigenvalue weighted by molar-refractivity contribution is 0.477. The Hall–Kier alpha value is -2.14. The van der Waals surface area contributed by atoms with Crippen LogP contribution in [-0.2, 0) is 0 Å². The summed E-state index contributed by atoms with van der Waals surface area (Å²) >= 11 is 0. The Morgan fingerprint density at radius 1 is 0.950 bits per heavy atom. The van der Waals surface area contributed by atoms with Gasteiger partial charge in [0.25, 0.3) is 0 Å². The summed E-state index contributed by atoms with van der Waals surface area (Å²) in [6.45, 7) is 3.97. The molecule has 0 atom stereocenters. The molecule has 1 aliphatic heterocycles. The van der Waals surface area contributed by atoms with E-state index < -0.39 is 0 Å². The molecule has 3 rings (SSSR count). The van der Waals surface area contributed by atoms with Crippen molar-refractivity contribution in [2.45, 2.75) is 6.42 Å². The van der Waals surface area contributed by atoms with Crippen LogP contribution >= 0.6 is 0 Å². The molecule has 20 heavy (non-hydrogen) atoms. The van der Waals surface area contributed by atoms with Crippen LogP contribution in [0.25, 0.3) is 0 Å². The van der Waals surface area contributed by atoms with Crippen molar-refractivity contribution in [2.24, 2.45) is 0 Å². The van der Waals surface area contributed by atoms with E-state index in [2.05, 4.69) is 20.2 Å². The van der Waals surface area contributed by atoms with Crippen molar-refractivity contribution in [3.8, 4) is 11.5 Å². The summed E-state index contributed by atoms with van der Waals surface area (Å²) < 4.78 is 5.69. The fourth-order valence-corrected chi connectivity index (χ4v) is 2.20. The van der Waals surface area contributed by atoms with Crippen LogP contribution in [0, 0.1) is 0 Å². The van der Waals surface area contributed by atoms with Crippen molar-refractivity contribution in [1.29, 1.82) is 0 Å². The van der Waals surface area contributed by atoms with Gasteiger partial charge in [0.1, 0.15) is 5.75 Å². The molecule has 0 unspecified atom stereocenters. The number of nitrogens with zero attached hydrogens (tertiary/aromatic N) is 3. The predicted octanol–water partition coefficient (Wildman–Crippen LogP) is 2.07. The molecule has 1 aliphatic rings. The summed E-state index contributed by atoms with van der Waals surface area (Å²) in [6, 6.07) is 9.66. The Labute approximate surface area is 118 Å². The summed E-state index contributed by atoms with van der Waals surface area (Å²) in [5.41, 5.74) is 0. The lowest BCUT2D eigenvalue weighted by Gasteiger charge is -2.19. The zero-order chi connectivity index (χ0) is 13.6. The van der Waals surface area contributed by atoms with Gasteiger partial charge in [-0.1, -0.05) is 18.2 Å². The van der Waals surface area contributed by atoms with E-state index in [0.29, 0.717) is 5.75 Å². The van der Waals surface area contributed by atoms with E-state index in [1.54, 1.807) is 12.4 Å². The number of rotatable bonds is 3. The molecule has 1 aromatic heterocycles. The molecule has 2 heterocycles. The van der Waals surface area contributed by atoms with Crippen molar-refractivity contribution in [3.05, 3.63) is 42.7 Å². The topological polar surface area (TPSA) is 50.3 Å². The first-order chi connectivity index (χ1) is 9.92. The van der Waals surface area contributed by atoms with Gasteiger partial charge in [-0.25, -0.2) is 9.97 Å². The molecule has 0 spiro atoms. The molecule has 0 saturated carbocycles.